The molecule has 1 aliphatic carbocycles. The zero-order chi connectivity index (χ0) is 20.5. The highest BCUT2D eigenvalue weighted by molar-refractivity contribution is 7.99. The molecule has 0 spiro atoms. The maximum Gasteiger partial charge on any atom is 0.170 e. The fraction of sp³-hybridized carbons (Fsp3) is 0.333. The van der Waals surface area contributed by atoms with Crippen LogP contribution >= 0.6 is 24.0 Å². The van der Waals surface area contributed by atoms with Crippen LogP contribution in [0.2, 0.25) is 0 Å². The zero-order valence-corrected chi connectivity index (χ0v) is 18.6. The molecule has 3 aromatic rings. The fourth-order valence-electron chi connectivity index (χ4n) is 4.52. The predicted octanol–water partition coefficient (Wildman–Crippen LogP) is 6.05. The number of aryl methyl sites for hydroxylation is 1. The molecule has 1 aliphatic heterocycles. The maximum atomic E-state index is 6.39. The molecule has 0 bridgehead atoms. The summed E-state index contributed by atoms with van der Waals surface area (Å²) in [6, 6.07) is 19.2. The third-order valence-corrected chi connectivity index (χ3v) is 7.24. The van der Waals surface area contributed by atoms with Crippen molar-refractivity contribution in [2.45, 2.75) is 60.7 Å². The van der Waals surface area contributed by atoms with Crippen molar-refractivity contribution in [3.05, 3.63) is 77.8 Å². The van der Waals surface area contributed by atoms with Gasteiger partial charge in [-0.2, -0.15) is 0 Å². The smallest absolute Gasteiger partial charge is 0.170 e. The first kappa shape index (κ1) is 19.6. The van der Waals surface area contributed by atoms with Gasteiger partial charge in [0.25, 0.3) is 0 Å². The average molecular weight is 436 g/mol. The van der Waals surface area contributed by atoms with Crippen molar-refractivity contribution in [3.8, 4) is 0 Å². The summed E-state index contributed by atoms with van der Waals surface area (Å²) in [4.78, 5) is 8.17. The summed E-state index contributed by atoms with van der Waals surface area (Å²) in [6.45, 7) is 2.10. The number of furan rings is 1. The normalized spacial score (nSPS) is 21.9. The van der Waals surface area contributed by atoms with Gasteiger partial charge in [0, 0.05) is 17.1 Å². The SMILES string of the molecule is Cc1ccc(Sc2ccc([C@@H]3[C@H](c4ccccn4)NC(=S)N3C3CCCC3)o2)cc1. The van der Waals surface area contributed by atoms with Crippen LogP contribution in [0.1, 0.15) is 54.8 Å². The molecule has 30 heavy (non-hydrogen) atoms. The molecule has 2 atom stereocenters. The lowest BCUT2D eigenvalue weighted by Crippen LogP contribution is -2.37. The number of rotatable bonds is 5. The van der Waals surface area contributed by atoms with E-state index in [9.17, 15) is 0 Å². The molecule has 1 saturated heterocycles. The second-order valence-electron chi connectivity index (χ2n) is 8.04. The molecular weight excluding hydrogens is 410 g/mol. The molecule has 6 heteroatoms. The van der Waals surface area contributed by atoms with Gasteiger partial charge in [0.15, 0.2) is 10.2 Å². The Kier molecular flexibility index (Phi) is 5.52. The Morgan fingerprint density at radius 3 is 2.60 bits per heavy atom. The molecular formula is C24H25N3OS2. The molecule has 154 valence electrons. The summed E-state index contributed by atoms with van der Waals surface area (Å²) in [5, 5.41) is 5.25. The topological polar surface area (TPSA) is 41.3 Å². The fourth-order valence-corrected chi connectivity index (χ4v) is 5.68. The lowest BCUT2D eigenvalue weighted by molar-refractivity contribution is 0.210. The maximum absolute atomic E-state index is 6.39. The lowest BCUT2D eigenvalue weighted by atomic mass is 10.0. The van der Waals surface area contributed by atoms with Gasteiger partial charge in [-0.1, -0.05) is 48.4 Å². The number of aromatic nitrogens is 1. The van der Waals surface area contributed by atoms with Gasteiger partial charge >= 0.3 is 0 Å². The number of thiocarbonyl (C=S) groups is 1. The molecule has 1 aromatic carbocycles. The Balaban J connectivity index is 1.47. The predicted molar refractivity (Wildman–Crippen MR) is 124 cm³/mol. The number of nitrogens with zero attached hydrogens (tertiary/aromatic N) is 2. The van der Waals surface area contributed by atoms with Crippen LogP contribution in [-0.4, -0.2) is 21.0 Å². The Bertz CT molecular complexity index is 1010. The highest BCUT2D eigenvalue weighted by Gasteiger charge is 2.45. The first-order chi connectivity index (χ1) is 14.7. The van der Waals surface area contributed by atoms with Gasteiger partial charge in [0.05, 0.1) is 11.7 Å². The third-order valence-electron chi connectivity index (χ3n) is 5.99. The molecule has 4 nitrogen and oxygen atoms in total. The highest BCUT2D eigenvalue weighted by Crippen LogP contribution is 2.44. The van der Waals surface area contributed by atoms with Gasteiger partial charge in [-0.15, -0.1) is 0 Å². The monoisotopic (exact) mass is 435 g/mol. The summed E-state index contributed by atoms with van der Waals surface area (Å²) in [5.74, 6) is 0.944. The highest BCUT2D eigenvalue weighted by atomic mass is 32.2. The van der Waals surface area contributed by atoms with Gasteiger partial charge < -0.3 is 14.6 Å². The zero-order valence-electron chi connectivity index (χ0n) is 17.0. The molecule has 0 unspecified atom stereocenters. The van der Waals surface area contributed by atoms with E-state index in [0.29, 0.717) is 6.04 Å². The van der Waals surface area contributed by atoms with E-state index in [4.69, 9.17) is 16.6 Å². The van der Waals surface area contributed by atoms with E-state index in [0.717, 1.165) is 21.7 Å². The largest absolute Gasteiger partial charge is 0.452 e. The molecule has 0 radical (unpaired) electrons. The Labute approximate surface area is 187 Å². The van der Waals surface area contributed by atoms with Crippen LogP contribution in [0.3, 0.4) is 0 Å². The van der Waals surface area contributed by atoms with E-state index < -0.39 is 0 Å². The van der Waals surface area contributed by atoms with E-state index in [1.165, 1.54) is 36.1 Å². The first-order valence-electron chi connectivity index (χ1n) is 10.5. The number of nitrogens with one attached hydrogen (secondary N) is 1. The van der Waals surface area contributed by atoms with Crippen molar-refractivity contribution in [3.63, 3.8) is 0 Å². The minimum absolute atomic E-state index is 0.0114. The number of benzene rings is 1. The van der Waals surface area contributed by atoms with E-state index >= 15 is 0 Å². The summed E-state index contributed by atoms with van der Waals surface area (Å²) in [7, 11) is 0. The second-order valence-corrected chi connectivity index (χ2v) is 9.51. The molecule has 2 aliphatic rings. The van der Waals surface area contributed by atoms with Crippen molar-refractivity contribution >= 4 is 29.1 Å². The molecule has 3 heterocycles. The second kappa shape index (κ2) is 8.44. The number of hydrogen-bond donors (Lipinski definition) is 1. The minimum atomic E-state index is -0.0114. The molecule has 0 amide bonds. The third kappa shape index (κ3) is 3.86. The van der Waals surface area contributed by atoms with Crippen molar-refractivity contribution in [1.82, 2.24) is 15.2 Å². The van der Waals surface area contributed by atoms with Gasteiger partial charge in [0.2, 0.25) is 0 Å². The Hall–Kier alpha value is -2.31. The van der Waals surface area contributed by atoms with Crippen LogP contribution < -0.4 is 5.32 Å². The summed E-state index contributed by atoms with van der Waals surface area (Å²) in [6.07, 6.45) is 6.73. The molecule has 2 fully saturated rings. The van der Waals surface area contributed by atoms with Crippen LogP contribution in [0, 0.1) is 6.92 Å². The Morgan fingerprint density at radius 1 is 1.07 bits per heavy atom. The van der Waals surface area contributed by atoms with E-state index in [1.807, 2.05) is 18.3 Å². The van der Waals surface area contributed by atoms with E-state index in [2.05, 4.69) is 64.6 Å². The molecule has 1 N–H and O–H groups in total. The molecule has 2 aromatic heterocycles. The Morgan fingerprint density at radius 2 is 1.87 bits per heavy atom. The quantitative estimate of drug-likeness (QED) is 0.492. The van der Waals surface area contributed by atoms with Crippen LogP contribution in [0.15, 0.2) is 75.2 Å². The van der Waals surface area contributed by atoms with Crippen LogP contribution in [0.4, 0.5) is 0 Å². The van der Waals surface area contributed by atoms with Crippen molar-refractivity contribution < 1.29 is 4.42 Å². The summed E-state index contributed by atoms with van der Waals surface area (Å²) < 4.78 is 6.39. The summed E-state index contributed by atoms with van der Waals surface area (Å²) in [5.41, 5.74) is 2.25. The van der Waals surface area contributed by atoms with E-state index in [1.54, 1.807) is 11.8 Å². The molecule has 1 saturated carbocycles. The molecule has 5 rings (SSSR count). The number of hydrogen-bond acceptors (Lipinski definition) is 4. The van der Waals surface area contributed by atoms with Crippen LogP contribution in [-0.2, 0) is 0 Å². The van der Waals surface area contributed by atoms with Gasteiger partial charge in [-0.25, -0.2) is 0 Å². The van der Waals surface area contributed by atoms with Gasteiger partial charge in [0.1, 0.15) is 11.8 Å². The van der Waals surface area contributed by atoms with Crippen LogP contribution in [0.5, 0.6) is 0 Å². The van der Waals surface area contributed by atoms with Gasteiger partial charge in [-0.3, -0.25) is 4.98 Å². The first-order valence-corrected chi connectivity index (χ1v) is 11.8. The van der Waals surface area contributed by atoms with Crippen molar-refractivity contribution in [2.24, 2.45) is 0 Å². The standard InChI is InChI=1S/C24H25N3OS2/c1-16-9-11-18(12-10-16)30-21-14-13-20(28-21)23-22(19-8-4-5-15-25-19)26-24(29)27(23)17-6-2-3-7-17/h4-5,8-15,17,22-23H,2-3,6-7H2,1H3,(H,26,29)/t22-,23+/m0/s1. The average Bonchev–Trinajstić information content (AvgIpc) is 3.50. The number of pyridine rings is 1. The van der Waals surface area contributed by atoms with Gasteiger partial charge in [-0.05, 0) is 68.4 Å². The van der Waals surface area contributed by atoms with Crippen molar-refractivity contribution in [1.29, 1.82) is 0 Å². The van der Waals surface area contributed by atoms with E-state index in [-0.39, 0.29) is 12.1 Å². The lowest BCUT2D eigenvalue weighted by Gasteiger charge is -2.31. The van der Waals surface area contributed by atoms with Crippen molar-refractivity contribution in [2.75, 3.05) is 0 Å². The summed E-state index contributed by atoms with van der Waals surface area (Å²) >= 11 is 7.45. The van der Waals surface area contributed by atoms with Crippen LogP contribution in [0.25, 0.3) is 0 Å². The minimum Gasteiger partial charge on any atom is -0.452 e.